The Labute approximate surface area is 125 Å². The molecule has 0 bridgehead atoms. The van der Waals surface area contributed by atoms with Crippen LogP contribution in [0.3, 0.4) is 0 Å². The average molecular weight is 285 g/mol. The van der Waals surface area contributed by atoms with Gasteiger partial charge in [-0.1, -0.05) is 72.1 Å². The van der Waals surface area contributed by atoms with Crippen molar-refractivity contribution in [2.45, 2.75) is 97.4 Å². The normalized spacial score (nSPS) is 13.4. The molecule has 3 N–H and O–H groups in total. The molecule has 0 aliphatic rings. The van der Waals surface area contributed by atoms with Gasteiger partial charge in [-0.2, -0.15) is 0 Å². The van der Waals surface area contributed by atoms with Crippen molar-refractivity contribution in [2.75, 3.05) is 0 Å². The van der Waals surface area contributed by atoms with Crippen molar-refractivity contribution in [1.29, 1.82) is 0 Å². The van der Waals surface area contributed by atoms with Gasteiger partial charge in [0, 0.05) is 0 Å². The lowest BCUT2D eigenvalue weighted by molar-refractivity contribution is -0.139. The van der Waals surface area contributed by atoms with Crippen molar-refractivity contribution in [2.24, 2.45) is 11.1 Å². The van der Waals surface area contributed by atoms with Crippen LogP contribution in [0.1, 0.15) is 91.4 Å². The topological polar surface area (TPSA) is 63.3 Å². The fraction of sp³-hybridized carbons (Fsp3) is 0.941. The van der Waals surface area contributed by atoms with E-state index in [-0.39, 0.29) is 5.41 Å². The first-order valence-electron chi connectivity index (χ1n) is 8.43. The number of unbranched alkanes of at least 4 members (excludes halogenated alkanes) is 6. The molecule has 20 heavy (non-hydrogen) atoms. The van der Waals surface area contributed by atoms with Gasteiger partial charge in [0.25, 0.3) is 0 Å². The molecule has 0 aliphatic carbocycles. The smallest absolute Gasteiger partial charge is 0.320 e. The zero-order valence-corrected chi connectivity index (χ0v) is 13.8. The Kier molecular flexibility index (Phi) is 10.8. The average Bonchev–Trinajstić information content (AvgIpc) is 2.40. The van der Waals surface area contributed by atoms with Gasteiger partial charge in [0.2, 0.25) is 0 Å². The second-order valence-corrected chi connectivity index (χ2v) is 6.58. The largest absolute Gasteiger partial charge is 0.480 e. The van der Waals surface area contributed by atoms with Crippen molar-refractivity contribution in [3.8, 4) is 0 Å². The number of rotatable bonds is 13. The predicted octanol–water partition coefficient (Wildman–Crippen LogP) is 4.74. The van der Waals surface area contributed by atoms with Crippen LogP contribution < -0.4 is 5.73 Å². The molecule has 1 unspecified atom stereocenters. The molecule has 0 aromatic heterocycles. The molecule has 1 atom stereocenters. The minimum Gasteiger partial charge on any atom is -0.480 e. The first-order valence-corrected chi connectivity index (χ1v) is 8.43. The molecule has 3 nitrogen and oxygen atoms in total. The predicted molar refractivity (Wildman–Crippen MR) is 85.9 cm³/mol. The van der Waals surface area contributed by atoms with E-state index in [0.29, 0.717) is 6.42 Å². The lowest BCUT2D eigenvalue weighted by atomic mass is 9.75. The monoisotopic (exact) mass is 285 g/mol. The Bertz CT molecular complexity index is 241. The maximum absolute atomic E-state index is 11.0. The number of nitrogens with two attached hydrogens (primary N) is 1. The molecule has 0 amide bonds. The molecule has 0 saturated heterocycles. The van der Waals surface area contributed by atoms with Gasteiger partial charge in [0.05, 0.1) is 0 Å². The lowest BCUT2D eigenvalue weighted by Crippen LogP contribution is -2.36. The van der Waals surface area contributed by atoms with Gasteiger partial charge in [-0.3, -0.25) is 4.79 Å². The second kappa shape index (κ2) is 11.1. The second-order valence-electron chi connectivity index (χ2n) is 6.58. The molecule has 0 radical (unpaired) electrons. The summed E-state index contributed by atoms with van der Waals surface area (Å²) in [6.07, 6.45) is 12.8. The van der Waals surface area contributed by atoms with Crippen molar-refractivity contribution < 1.29 is 9.90 Å². The summed E-state index contributed by atoms with van der Waals surface area (Å²) in [6, 6.07) is -0.711. The molecule has 0 spiro atoms. The van der Waals surface area contributed by atoms with Gasteiger partial charge in [-0.05, 0) is 24.7 Å². The maximum Gasteiger partial charge on any atom is 0.320 e. The fourth-order valence-electron chi connectivity index (χ4n) is 2.90. The van der Waals surface area contributed by atoms with E-state index in [4.69, 9.17) is 10.8 Å². The van der Waals surface area contributed by atoms with Gasteiger partial charge in [-0.15, -0.1) is 0 Å². The standard InChI is InChI=1S/C17H35NO2/c1-4-6-8-10-12-17(3,13-11-9-7-5-2)14-15(18)16(19)20/h15H,4-14,18H2,1-3H3,(H,19,20). The van der Waals surface area contributed by atoms with Crippen LogP contribution in [-0.4, -0.2) is 17.1 Å². The Balaban J connectivity index is 4.29. The summed E-state index contributed by atoms with van der Waals surface area (Å²) in [5.74, 6) is -0.863. The summed E-state index contributed by atoms with van der Waals surface area (Å²) in [6.45, 7) is 6.66. The highest BCUT2D eigenvalue weighted by molar-refractivity contribution is 5.73. The third-order valence-corrected chi connectivity index (χ3v) is 4.30. The molecule has 120 valence electrons. The van der Waals surface area contributed by atoms with Crippen LogP contribution in [0.25, 0.3) is 0 Å². The molecule has 0 fully saturated rings. The van der Waals surface area contributed by atoms with Gasteiger partial charge in [-0.25, -0.2) is 0 Å². The molecule has 0 saturated carbocycles. The van der Waals surface area contributed by atoms with Crippen molar-refractivity contribution >= 4 is 5.97 Å². The molecular weight excluding hydrogens is 250 g/mol. The van der Waals surface area contributed by atoms with Crippen LogP contribution in [0.2, 0.25) is 0 Å². The van der Waals surface area contributed by atoms with E-state index in [2.05, 4.69) is 20.8 Å². The Hall–Kier alpha value is -0.570. The molecule has 0 aromatic rings. The van der Waals surface area contributed by atoms with Gasteiger partial charge in [0.1, 0.15) is 6.04 Å². The summed E-state index contributed by atoms with van der Waals surface area (Å²) in [4.78, 5) is 11.0. The Morgan fingerprint density at radius 1 is 1.00 bits per heavy atom. The van der Waals surface area contributed by atoms with Crippen LogP contribution in [-0.2, 0) is 4.79 Å². The minimum absolute atomic E-state index is 0.0965. The molecular formula is C17H35NO2. The summed E-state index contributed by atoms with van der Waals surface area (Å²) in [7, 11) is 0. The van der Waals surface area contributed by atoms with Gasteiger partial charge < -0.3 is 10.8 Å². The number of hydrogen-bond acceptors (Lipinski definition) is 2. The number of carboxylic acid groups (broad SMARTS) is 1. The summed E-state index contributed by atoms with van der Waals surface area (Å²) < 4.78 is 0. The highest BCUT2D eigenvalue weighted by atomic mass is 16.4. The SMILES string of the molecule is CCCCCCC(C)(CCCCCC)CC(N)C(=O)O. The third-order valence-electron chi connectivity index (χ3n) is 4.30. The van der Waals surface area contributed by atoms with Gasteiger partial charge >= 0.3 is 5.97 Å². The van der Waals surface area contributed by atoms with Crippen LogP contribution in [0, 0.1) is 5.41 Å². The quantitative estimate of drug-likeness (QED) is 0.481. The minimum atomic E-state index is -0.863. The highest BCUT2D eigenvalue weighted by Crippen LogP contribution is 2.35. The van der Waals surface area contributed by atoms with Crippen molar-refractivity contribution in [3.63, 3.8) is 0 Å². The highest BCUT2D eigenvalue weighted by Gasteiger charge is 2.28. The summed E-state index contributed by atoms with van der Waals surface area (Å²) in [5.41, 5.74) is 5.86. The van der Waals surface area contributed by atoms with Crippen molar-refractivity contribution in [1.82, 2.24) is 0 Å². The molecule has 0 aromatic carbocycles. The summed E-state index contributed by atoms with van der Waals surface area (Å²) >= 11 is 0. The molecule has 0 rings (SSSR count). The number of hydrogen-bond donors (Lipinski definition) is 2. The molecule has 0 heterocycles. The first kappa shape index (κ1) is 19.4. The number of carbonyl (C=O) groups is 1. The van der Waals surface area contributed by atoms with Crippen LogP contribution in [0.4, 0.5) is 0 Å². The van der Waals surface area contributed by atoms with E-state index >= 15 is 0 Å². The van der Waals surface area contributed by atoms with Crippen LogP contribution in [0.15, 0.2) is 0 Å². The zero-order chi connectivity index (χ0) is 15.4. The third kappa shape index (κ3) is 9.35. The van der Waals surface area contributed by atoms with E-state index in [1.807, 2.05) is 0 Å². The van der Waals surface area contributed by atoms with Crippen LogP contribution >= 0.6 is 0 Å². The van der Waals surface area contributed by atoms with E-state index in [1.54, 1.807) is 0 Å². The maximum atomic E-state index is 11.0. The Morgan fingerprint density at radius 2 is 1.45 bits per heavy atom. The van der Waals surface area contributed by atoms with Crippen molar-refractivity contribution in [3.05, 3.63) is 0 Å². The first-order chi connectivity index (χ1) is 9.45. The Morgan fingerprint density at radius 3 is 1.80 bits per heavy atom. The molecule has 3 heteroatoms. The lowest BCUT2D eigenvalue weighted by Gasteiger charge is -2.31. The fourth-order valence-corrected chi connectivity index (χ4v) is 2.90. The van der Waals surface area contributed by atoms with E-state index < -0.39 is 12.0 Å². The molecule has 0 aliphatic heterocycles. The van der Waals surface area contributed by atoms with E-state index in [9.17, 15) is 4.79 Å². The zero-order valence-electron chi connectivity index (χ0n) is 13.8. The number of aliphatic carboxylic acids is 1. The van der Waals surface area contributed by atoms with Crippen LogP contribution in [0.5, 0.6) is 0 Å². The van der Waals surface area contributed by atoms with E-state index in [0.717, 1.165) is 12.8 Å². The summed E-state index contributed by atoms with van der Waals surface area (Å²) in [5, 5.41) is 9.04. The number of carboxylic acids is 1. The van der Waals surface area contributed by atoms with Gasteiger partial charge in [0.15, 0.2) is 0 Å². The van der Waals surface area contributed by atoms with E-state index in [1.165, 1.54) is 51.4 Å².